The van der Waals surface area contributed by atoms with Crippen molar-refractivity contribution in [2.75, 3.05) is 0 Å². The van der Waals surface area contributed by atoms with Crippen molar-refractivity contribution < 1.29 is 4.79 Å². The van der Waals surface area contributed by atoms with Gasteiger partial charge in [-0.3, -0.25) is 9.78 Å². The van der Waals surface area contributed by atoms with E-state index in [2.05, 4.69) is 32.4 Å². The maximum atomic E-state index is 12.7. The first-order valence-electron chi connectivity index (χ1n) is 7.96. The summed E-state index contributed by atoms with van der Waals surface area (Å²) in [5.41, 5.74) is 3.83. The fourth-order valence-electron chi connectivity index (χ4n) is 2.82. The van der Waals surface area contributed by atoms with Gasteiger partial charge in [0.25, 0.3) is 5.91 Å². The van der Waals surface area contributed by atoms with Crippen LogP contribution in [0.15, 0.2) is 48.1 Å². The molecule has 0 aliphatic heterocycles. The average Bonchev–Trinajstić information content (AvgIpc) is 3.19. The Morgan fingerprint density at radius 1 is 1.33 bits per heavy atom. The molecule has 3 aromatic rings. The van der Waals surface area contributed by atoms with Crippen LogP contribution in [-0.4, -0.2) is 15.5 Å². The number of rotatable bonds is 5. The molecule has 0 aromatic carbocycles. The van der Waals surface area contributed by atoms with Crippen LogP contribution in [0.5, 0.6) is 0 Å². The first-order valence-corrected chi connectivity index (χ1v) is 8.84. The van der Waals surface area contributed by atoms with Crippen LogP contribution in [0.4, 0.5) is 0 Å². The Hall–Kier alpha value is -2.40. The number of carbonyl (C=O) groups excluding carboxylic acids is 1. The zero-order valence-corrected chi connectivity index (χ0v) is 14.9. The number of thiophene rings is 1. The predicted molar refractivity (Wildman–Crippen MR) is 97.4 cm³/mol. The minimum atomic E-state index is -0.0773. The van der Waals surface area contributed by atoms with Gasteiger partial charge in [-0.1, -0.05) is 12.1 Å². The van der Waals surface area contributed by atoms with E-state index < -0.39 is 0 Å². The fraction of sp³-hybridized carbons (Fsp3) is 0.263. The van der Waals surface area contributed by atoms with Gasteiger partial charge in [-0.25, -0.2) is 0 Å². The highest BCUT2D eigenvalue weighted by Crippen LogP contribution is 2.20. The molecule has 124 valence electrons. The lowest BCUT2D eigenvalue weighted by atomic mass is 10.1. The van der Waals surface area contributed by atoms with E-state index in [9.17, 15) is 4.79 Å². The third-order valence-corrected chi connectivity index (χ3v) is 5.11. The van der Waals surface area contributed by atoms with Gasteiger partial charge in [-0.15, -0.1) is 11.3 Å². The molecule has 5 heteroatoms. The number of nitrogens with zero attached hydrogens (tertiary/aromatic N) is 2. The van der Waals surface area contributed by atoms with Gasteiger partial charge in [0.15, 0.2) is 0 Å². The molecule has 0 bridgehead atoms. The van der Waals surface area contributed by atoms with Gasteiger partial charge in [-0.05, 0) is 49.9 Å². The van der Waals surface area contributed by atoms with E-state index in [0.717, 1.165) is 29.1 Å². The lowest BCUT2D eigenvalue weighted by molar-refractivity contribution is 0.0939. The molecule has 24 heavy (non-hydrogen) atoms. The zero-order valence-electron chi connectivity index (χ0n) is 14.1. The van der Waals surface area contributed by atoms with E-state index >= 15 is 0 Å². The lowest BCUT2D eigenvalue weighted by Gasteiger charge is -2.14. The minimum absolute atomic E-state index is 0.0446. The molecule has 1 unspecified atom stereocenters. The van der Waals surface area contributed by atoms with Crippen molar-refractivity contribution >= 4 is 17.2 Å². The molecule has 3 heterocycles. The Morgan fingerprint density at radius 2 is 2.17 bits per heavy atom. The SMILES string of the molecule is Cc1cc(C(=O)NC(C)c2cccnc2)c(C)n1Cc1cccs1. The maximum absolute atomic E-state index is 12.7. The Balaban J connectivity index is 1.78. The van der Waals surface area contributed by atoms with E-state index in [4.69, 9.17) is 0 Å². The van der Waals surface area contributed by atoms with Gasteiger partial charge in [-0.2, -0.15) is 0 Å². The second kappa shape index (κ2) is 7.01. The van der Waals surface area contributed by atoms with Gasteiger partial charge in [0.05, 0.1) is 18.2 Å². The number of carbonyl (C=O) groups is 1. The standard InChI is InChI=1S/C19H21N3OS/c1-13-10-18(15(3)22(13)12-17-7-5-9-24-17)19(23)21-14(2)16-6-4-8-20-11-16/h4-11,14H,12H2,1-3H3,(H,21,23). The van der Waals surface area contributed by atoms with Crippen LogP contribution < -0.4 is 5.32 Å². The number of nitrogens with one attached hydrogen (secondary N) is 1. The molecule has 0 saturated carbocycles. The topological polar surface area (TPSA) is 46.9 Å². The summed E-state index contributed by atoms with van der Waals surface area (Å²) in [7, 11) is 0. The highest BCUT2D eigenvalue weighted by Gasteiger charge is 2.18. The van der Waals surface area contributed by atoms with E-state index in [1.807, 2.05) is 39.0 Å². The number of aromatic nitrogens is 2. The summed E-state index contributed by atoms with van der Waals surface area (Å²) < 4.78 is 2.19. The molecule has 1 atom stereocenters. The van der Waals surface area contributed by atoms with Crippen molar-refractivity contribution in [3.05, 3.63) is 75.5 Å². The van der Waals surface area contributed by atoms with Crippen molar-refractivity contribution in [2.24, 2.45) is 0 Å². The summed E-state index contributed by atoms with van der Waals surface area (Å²) in [6.45, 7) is 6.83. The summed E-state index contributed by atoms with van der Waals surface area (Å²) >= 11 is 1.73. The van der Waals surface area contributed by atoms with Crippen LogP contribution in [0, 0.1) is 13.8 Å². The van der Waals surface area contributed by atoms with Crippen LogP contribution in [0.2, 0.25) is 0 Å². The predicted octanol–water partition coefficient (Wildman–Crippen LogP) is 4.10. The third-order valence-electron chi connectivity index (χ3n) is 4.24. The Labute approximate surface area is 146 Å². The highest BCUT2D eigenvalue weighted by atomic mass is 32.1. The van der Waals surface area contributed by atoms with Crippen molar-refractivity contribution in [2.45, 2.75) is 33.4 Å². The molecule has 1 amide bonds. The van der Waals surface area contributed by atoms with Crippen molar-refractivity contribution in [1.29, 1.82) is 0 Å². The minimum Gasteiger partial charge on any atom is -0.345 e. The molecule has 4 nitrogen and oxygen atoms in total. The molecular weight excluding hydrogens is 318 g/mol. The van der Waals surface area contributed by atoms with Crippen LogP contribution in [-0.2, 0) is 6.54 Å². The smallest absolute Gasteiger partial charge is 0.253 e. The second-order valence-corrected chi connectivity index (χ2v) is 6.96. The molecule has 0 radical (unpaired) electrons. The van der Waals surface area contributed by atoms with Crippen molar-refractivity contribution in [3.63, 3.8) is 0 Å². The summed E-state index contributed by atoms with van der Waals surface area (Å²) in [6.07, 6.45) is 3.52. The Morgan fingerprint density at radius 3 is 2.83 bits per heavy atom. The molecule has 0 aliphatic carbocycles. The van der Waals surface area contributed by atoms with Crippen LogP contribution in [0.3, 0.4) is 0 Å². The number of amides is 1. The Kier molecular flexibility index (Phi) is 4.81. The number of hydrogen-bond donors (Lipinski definition) is 1. The molecule has 3 aromatic heterocycles. The normalized spacial score (nSPS) is 12.1. The lowest BCUT2D eigenvalue weighted by Crippen LogP contribution is -2.27. The van der Waals surface area contributed by atoms with Crippen molar-refractivity contribution in [3.8, 4) is 0 Å². The first kappa shape index (κ1) is 16.5. The largest absolute Gasteiger partial charge is 0.345 e. The number of pyridine rings is 1. The second-order valence-electron chi connectivity index (χ2n) is 5.93. The molecule has 0 saturated heterocycles. The van der Waals surface area contributed by atoms with E-state index in [1.54, 1.807) is 23.7 Å². The molecule has 0 spiro atoms. The number of aryl methyl sites for hydroxylation is 1. The highest BCUT2D eigenvalue weighted by molar-refractivity contribution is 7.09. The molecule has 0 aliphatic rings. The fourth-order valence-corrected chi connectivity index (χ4v) is 3.52. The summed E-state index contributed by atoms with van der Waals surface area (Å²) in [4.78, 5) is 18.1. The van der Waals surface area contributed by atoms with Crippen LogP contribution >= 0.6 is 11.3 Å². The number of hydrogen-bond acceptors (Lipinski definition) is 3. The first-order chi connectivity index (χ1) is 11.6. The van der Waals surface area contributed by atoms with E-state index in [1.165, 1.54) is 4.88 Å². The molecule has 0 fully saturated rings. The molecule has 1 N–H and O–H groups in total. The zero-order chi connectivity index (χ0) is 17.1. The van der Waals surface area contributed by atoms with Crippen LogP contribution in [0.25, 0.3) is 0 Å². The summed E-state index contributed by atoms with van der Waals surface area (Å²) in [6, 6.07) is 9.91. The summed E-state index contributed by atoms with van der Waals surface area (Å²) in [5, 5.41) is 5.14. The van der Waals surface area contributed by atoms with Gasteiger partial charge in [0, 0.05) is 28.7 Å². The van der Waals surface area contributed by atoms with E-state index in [0.29, 0.717) is 0 Å². The quantitative estimate of drug-likeness (QED) is 0.761. The summed E-state index contributed by atoms with van der Waals surface area (Å²) in [5.74, 6) is -0.0446. The molecular formula is C19H21N3OS. The monoisotopic (exact) mass is 339 g/mol. The molecule has 3 rings (SSSR count). The van der Waals surface area contributed by atoms with E-state index in [-0.39, 0.29) is 11.9 Å². The van der Waals surface area contributed by atoms with Gasteiger partial charge in [0.2, 0.25) is 0 Å². The maximum Gasteiger partial charge on any atom is 0.253 e. The third kappa shape index (κ3) is 3.41. The van der Waals surface area contributed by atoms with Gasteiger partial charge >= 0.3 is 0 Å². The Bertz CT molecular complexity index is 822. The van der Waals surface area contributed by atoms with Crippen molar-refractivity contribution in [1.82, 2.24) is 14.9 Å². The van der Waals surface area contributed by atoms with Crippen LogP contribution in [0.1, 0.15) is 45.2 Å². The van der Waals surface area contributed by atoms with Gasteiger partial charge in [0.1, 0.15) is 0 Å². The average molecular weight is 339 g/mol. The van der Waals surface area contributed by atoms with Gasteiger partial charge < -0.3 is 9.88 Å².